The molecule has 0 atom stereocenters. The molecule has 2 saturated heterocycles. The number of ether oxygens (including phenoxy) is 2. The molecular formula is C26H37N3O2. The summed E-state index contributed by atoms with van der Waals surface area (Å²) in [7, 11) is 1.74. The highest BCUT2D eigenvalue weighted by atomic mass is 16.5. The molecule has 0 amide bonds. The van der Waals surface area contributed by atoms with Crippen LogP contribution in [0.2, 0.25) is 0 Å². The first-order valence-electron chi connectivity index (χ1n) is 11.9. The summed E-state index contributed by atoms with van der Waals surface area (Å²) in [6.45, 7) is 8.17. The van der Waals surface area contributed by atoms with Crippen molar-refractivity contribution in [3.8, 4) is 5.75 Å². The van der Waals surface area contributed by atoms with Gasteiger partial charge in [0, 0.05) is 64.4 Å². The van der Waals surface area contributed by atoms with Gasteiger partial charge in [0.1, 0.15) is 5.75 Å². The molecule has 2 aliphatic heterocycles. The van der Waals surface area contributed by atoms with E-state index in [0.29, 0.717) is 5.92 Å². The summed E-state index contributed by atoms with van der Waals surface area (Å²) < 4.78 is 10.9. The summed E-state index contributed by atoms with van der Waals surface area (Å²) in [4.78, 5) is 5.01. The number of rotatable bonds is 9. The zero-order chi connectivity index (χ0) is 21.3. The molecule has 2 aromatic rings. The van der Waals surface area contributed by atoms with Crippen LogP contribution in [0.4, 0.5) is 11.4 Å². The molecule has 5 nitrogen and oxygen atoms in total. The number of benzene rings is 2. The fourth-order valence-electron chi connectivity index (χ4n) is 4.64. The second-order valence-corrected chi connectivity index (χ2v) is 8.63. The highest BCUT2D eigenvalue weighted by Crippen LogP contribution is 2.32. The Balaban J connectivity index is 1.24. The minimum atomic E-state index is 0.645. The summed E-state index contributed by atoms with van der Waals surface area (Å²) in [6.07, 6.45) is 4.49. The number of hydrogen-bond acceptors (Lipinski definition) is 5. The van der Waals surface area contributed by atoms with E-state index in [1.165, 1.54) is 29.8 Å². The summed E-state index contributed by atoms with van der Waals surface area (Å²) in [5, 5.41) is 3.42. The van der Waals surface area contributed by atoms with Crippen molar-refractivity contribution in [2.45, 2.75) is 31.6 Å². The molecule has 5 heteroatoms. The summed E-state index contributed by atoms with van der Waals surface area (Å²) in [5.41, 5.74) is 4.15. The van der Waals surface area contributed by atoms with Crippen LogP contribution >= 0.6 is 0 Å². The Bertz CT molecular complexity index is 764. The SMILES string of the molecule is COCCCCOc1ccc(C2CCN(c3ccc(N4CCNCC4)cc3)CC2)cc1. The van der Waals surface area contributed by atoms with Crippen molar-refractivity contribution in [1.29, 1.82) is 0 Å². The minimum absolute atomic E-state index is 0.645. The van der Waals surface area contributed by atoms with Gasteiger partial charge in [0.2, 0.25) is 0 Å². The van der Waals surface area contributed by atoms with Crippen molar-refractivity contribution in [2.24, 2.45) is 0 Å². The fourth-order valence-corrected chi connectivity index (χ4v) is 4.64. The molecule has 0 bridgehead atoms. The Morgan fingerprint density at radius 2 is 1.35 bits per heavy atom. The van der Waals surface area contributed by atoms with Gasteiger partial charge in [-0.05, 0) is 73.6 Å². The Kier molecular flexibility index (Phi) is 8.08. The van der Waals surface area contributed by atoms with Gasteiger partial charge in [0.25, 0.3) is 0 Å². The summed E-state index contributed by atoms with van der Waals surface area (Å²) in [5.74, 6) is 1.62. The predicted molar refractivity (Wildman–Crippen MR) is 129 cm³/mol. The molecule has 0 unspecified atom stereocenters. The van der Waals surface area contributed by atoms with Gasteiger partial charge in [-0.25, -0.2) is 0 Å². The highest BCUT2D eigenvalue weighted by Gasteiger charge is 2.21. The quantitative estimate of drug-likeness (QED) is 0.609. The van der Waals surface area contributed by atoms with Gasteiger partial charge >= 0.3 is 0 Å². The number of nitrogens with zero attached hydrogens (tertiary/aromatic N) is 2. The third kappa shape index (κ3) is 6.14. The standard InChI is InChI=1S/C26H37N3O2/c1-30-20-2-3-21-31-26-10-4-22(5-11-26)23-12-16-28(17-13-23)24-6-8-25(9-7-24)29-18-14-27-15-19-29/h4-11,23,27H,2-3,12-21H2,1H3. The van der Waals surface area contributed by atoms with E-state index >= 15 is 0 Å². The van der Waals surface area contributed by atoms with Crippen LogP contribution in [0.1, 0.15) is 37.2 Å². The molecule has 0 radical (unpaired) electrons. The van der Waals surface area contributed by atoms with E-state index in [9.17, 15) is 0 Å². The van der Waals surface area contributed by atoms with Crippen LogP contribution in [-0.2, 0) is 4.74 Å². The zero-order valence-corrected chi connectivity index (χ0v) is 18.9. The van der Waals surface area contributed by atoms with Crippen LogP contribution < -0.4 is 19.9 Å². The van der Waals surface area contributed by atoms with E-state index in [2.05, 4.69) is 63.6 Å². The van der Waals surface area contributed by atoms with Crippen LogP contribution in [0.5, 0.6) is 5.75 Å². The lowest BCUT2D eigenvalue weighted by molar-refractivity contribution is 0.184. The second kappa shape index (κ2) is 11.4. The lowest BCUT2D eigenvalue weighted by Crippen LogP contribution is -2.43. The van der Waals surface area contributed by atoms with Crippen molar-refractivity contribution in [3.63, 3.8) is 0 Å². The molecule has 1 N–H and O–H groups in total. The van der Waals surface area contributed by atoms with Gasteiger partial charge in [0.05, 0.1) is 6.61 Å². The van der Waals surface area contributed by atoms with Gasteiger partial charge < -0.3 is 24.6 Å². The molecule has 2 heterocycles. The average Bonchev–Trinajstić information content (AvgIpc) is 2.85. The van der Waals surface area contributed by atoms with Crippen LogP contribution in [0.3, 0.4) is 0 Å². The zero-order valence-electron chi connectivity index (χ0n) is 18.9. The third-order valence-electron chi connectivity index (χ3n) is 6.55. The maximum atomic E-state index is 5.85. The van der Waals surface area contributed by atoms with Gasteiger partial charge in [-0.3, -0.25) is 0 Å². The van der Waals surface area contributed by atoms with Gasteiger partial charge in [0.15, 0.2) is 0 Å². The first kappa shape index (κ1) is 22.0. The monoisotopic (exact) mass is 423 g/mol. The molecule has 4 rings (SSSR count). The van der Waals surface area contributed by atoms with Crippen LogP contribution in [0, 0.1) is 0 Å². The number of piperidine rings is 1. The molecule has 0 aromatic heterocycles. The van der Waals surface area contributed by atoms with Crippen LogP contribution in [0.25, 0.3) is 0 Å². The maximum absolute atomic E-state index is 5.85. The van der Waals surface area contributed by atoms with Crippen LogP contribution in [0.15, 0.2) is 48.5 Å². The topological polar surface area (TPSA) is 37.0 Å². The highest BCUT2D eigenvalue weighted by molar-refractivity contribution is 5.57. The van der Waals surface area contributed by atoms with E-state index < -0.39 is 0 Å². The largest absolute Gasteiger partial charge is 0.494 e. The van der Waals surface area contributed by atoms with Gasteiger partial charge in [-0.2, -0.15) is 0 Å². The molecule has 2 aromatic carbocycles. The molecule has 168 valence electrons. The lowest BCUT2D eigenvalue weighted by atomic mass is 9.89. The van der Waals surface area contributed by atoms with Crippen LogP contribution in [-0.4, -0.2) is 59.6 Å². The fraction of sp³-hybridized carbons (Fsp3) is 0.538. The first-order valence-corrected chi connectivity index (χ1v) is 11.9. The smallest absolute Gasteiger partial charge is 0.119 e. The van der Waals surface area contributed by atoms with Crippen molar-refractivity contribution < 1.29 is 9.47 Å². The maximum Gasteiger partial charge on any atom is 0.119 e. The van der Waals surface area contributed by atoms with Gasteiger partial charge in [-0.15, -0.1) is 0 Å². The number of methoxy groups -OCH3 is 1. The first-order chi connectivity index (χ1) is 15.3. The molecular weight excluding hydrogens is 386 g/mol. The van der Waals surface area contributed by atoms with E-state index in [4.69, 9.17) is 9.47 Å². The Hall–Kier alpha value is -2.24. The molecule has 31 heavy (non-hydrogen) atoms. The molecule has 0 aliphatic carbocycles. The second-order valence-electron chi connectivity index (χ2n) is 8.63. The van der Waals surface area contributed by atoms with Crippen molar-refractivity contribution in [3.05, 3.63) is 54.1 Å². The van der Waals surface area contributed by atoms with Crippen molar-refractivity contribution in [2.75, 3.05) is 69.4 Å². The summed E-state index contributed by atoms with van der Waals surface area (Å²) >= 11 is 0. The number of piperazine rings is 1. The molecule has 2 fully saturated rings. The van der Waals surface area contributed by atoms with Gasteiger partial charge in [-0.1, -0.05) is 12.1 Å². The Morgan fingerprint density at radius 3 is 1.97 bits per heavy atom. The predicted octanol–water partition coefficient (Wildman–Crippen LogP) is 4.29. The van der Waals surface area contributed by atoms with E-state index in [1.54, 1.807) is 7.11 Å². The normalized spacial score (nSPS) is 17.7. The molecule has 0 spiro atoms. The number of nitrogens with one attached hydrogen (secondary N) is 1. The number of hydrogen-bond donors (Lipinski definition) is 1. The average molecular weight is 424 g/mol. The summed E-state index contributed by atoms with van der Waals surface area (Å²) in [6, 6.07) is 18.0. The van der Waals surface area contributed by atoms with Crippen molar-refractivity contribution in [1.82, 2.24) is 5.32 Å². The third-order valence-corrected chi connectivity index (χ3v) is 6.55. The van der Waals surface area contributed by atoms with E-state index in [-0.39, 0.29) is 0 Å². The van der Waals surface area contributed by atoms with E-state index in [0.717, 1.165) is 71.1 Å². The Labute approximate surface area is 187 Å². The van der Waals surface area contributed by atoms with Crippen molar-refractivity contribution >= 4 is 11.4 Å². The Morgan fingerprint density at radius 1 is 0.774 bits per heavy atom. The minimum Gasteiger partial charge on any atom is -0.494 e. The van der Waals surface area contributed by atoms with E-state index in [1.807, 2.05) is 0 Å². The number of unbranched alkanes of at least 4 members (excludes halogenated alkanes) is 1. The lowest BCUT2D eigenvalue weighted by Gasteiger charge is -2.34. The molecule has 0 saturated carbocycles. The number of anilines is 2. The molecule has 2 aliphatic rings.